The lowest BCUT2D eigenvalue weighted by Crippen LogP contribution is -2.46. The highest BCUT2D eigenvalue weighted by Crippen LogP contribution is 2.35. The van der Waals surface area contributed by atoms with Crippen molar-refractivity contribution in [1.82, 2.24) is 9.80 Å². The van der Waals surface area contributed by atoms with Gasteiger partial charge in [-0.1, -0.05) is 115 Å². The van der Waals surface area contributed by atoms with Crippen LogP contribution in [0.15, 0.2) is 133 Å². The molecule has 0 unspecified atom stereocenters. The van der Waals surface area contributed by atoms with Gasteiger partial charge in [-0.2, -0.15) is 0 Å². The minimum absolute atomic E-state index is 0.267. The van der Waals surface area contributed by atoms with Gasteiger partial charge in [-0.3, -0.25) is 19.4 Å². The van der Waals surface area contributed by atoms with Crippen molar-refractivity contribution in [3.8, 4) is 0 Å². The van der Waals surface area contributed by atoms with E-state index in [1.54, 1.807) is 0 Å². The van der Waals surface area contributed by atoms with Gasteiger partial charge in [0.25, 0.3) is 0 Å². The highest BCUT2D eigenvalue weighted by atomic mass is 16.2. The van der Waals surface area contributed by atoms with E-state index in [4.69, 9.17) is 0 Å². The monoisotopic (exact) mass is 712 g/mol. The van der Waals surface area contributed by atoms with Gasteiger partial charge in [-0.25, -0.2) is 0 Å². The fourth-order valence-corrected chi connectivity index (χ4v) is 9.29. The van der Waals surface area contributed by atoms with Crippen molar-refractivity contribution >= 4 is 44.7 Å². The summed E-state index contributed by atoms with van der Waals surface area (Å²) in [6.07, 6.45) is 5.32. The minimum Gasteiger partial charge on any atom is -0.309 e. The van der Waals surface area contributed by atoms with Crippen LogP contribution >= 0.6 is 0 Å². The second kappa shape index (κ2) is 15.2. The number of amides is 2. The molecule has 2 saturated heterocycles. The highest BCUT2D eigenvalue weighted by molar-refractivity contribution is 6.02. The summed E-state index contributed by atoms with van der Waals surface area (Å²) in [7, 11) is 0. The van der Waals surface area contributed by atoms with Crippen LogP contribution in [-0.4, -0.2) is 59.9 Å². The van der Waals surface area contributed by atoms with Gasteiger partial charge in [0.05, 0.1) is 12.8 Å². The van der Waals surface area contributed by atoms with E-state index in [9.17, 15) is 9.59 Å². The molecule has 54 heavy (non-hydrogen) atoms. The lowest BCUT2D eigenvalue weighted by Gasteiger charge is -2.37. The summed E-state index contributed by atoms with van der Waals surface area (Å²) in [5.41, 5.74) is 7.40. The molecule has 0 N–H and O–H groups in total. The zero-order chi connectivity index (χ0) is 36.4. The molecule has 0 aromatic heterocycles. The van der Waals surface area contributed by atoms with Crippen LogP contribution in [0.1, 0.15) is 47.9 Å². The molecule has 6 heteroatoms. The maximum Gasteiger partial charge on any atom is 0.231 e. The van der Waals surface area contributed by atoms with Crippen molar-refractivity contribution in [2.75, 3.05) is 36.0 Å². The average molecular weight is 713 g/mol. The van der Waals surface area contributed by atoms with Gasteiger partial charge in [0.15, 0.2) is 0 Å². The molecule has 6 aromatic rings. The van der Waals surface area contributed by atoms with E-state index < -0.39 is 0 Å². The third kappa shape index (κ3) is 7.04. The molecule has 0 spiro atoms. The number of carbonyl (C=O) groups is 2. The summed E-state index contributed by atoms with van der Waals surface area (Å²) in [4.78, 5) is 34.3. The van der Waals surface area contributed by atoms with E-state index in [2.05, 4.69) is 129 Å². The van der Waals surface area contributed by atoms with Crippen molar-refractivity contribution in [3.05, 3.63) is 156 Å². The standard InChI is InChI=1S/2C24H24N2O/c27-24-16-19-7-2-4-11-23(19)26(24)21-12-14-25(15-13-21)17-20-9-5-8-18-6-1-3-10-22(18)20;27-24-16-21-7-3-4-8-23(21)26(24)22-11-13-25(14-12-22)17-18-9-10-19-5-1-2-6-20(19)15-18/h1-11,21H,12-17H2;1-10,15,22H,11-14,16-17H2. The van der Waals surface area contributed by atoms with Gasteiger partial charge in [-0.15, -0.1) is 0 Å². The first-order valence-corrected chi connectivity index (χ1v) is 19.8. The number of fused-ring (bicyclic) bond motifs is 4. The number of hydrogen-bond donors (Lipinski definition) is 0. The van der Waals surface area contributed by atoms with Crippen LogP contribution in [0, 0.1) is 0 Å². The van der Waals surface area contributed by atoms with Crippen molar-refractivity contribution in [2.45, 2.75) is 63.7 Å². The van der Waals surface area contributed by atoms with E-state index in [-0.39, 0.29) is 11.8 Å². The van der Waals surface area contributed by atoms with Crippen LogP contribution in [0.4, 0.5) is 11.4 Å². The Kier molecular flexibility index (Phi) is 9.71. The quantitative estimate of drug-likeness (QED) is 0.173. The van der Waals surface area contributed by atoms with E-state index in [0.717, 1.165) is 76.3 Å². The molecular formula is C48H48N4O2. The fraction of sp³-hybridized carbons (Fsp3) is 0.292. The summed E-state index contributed by atoms with van der Waals surface area (Å²) >= 11 is 0. The summed E-state index contributed by atoms with van der Waals surface area (Å²) in [5.74, 6) is 0.535. The maximum absolute atomic E-state index is 12.6. The number of para-hydroxylation sites is 2. The Bertz CT molecular complexity index is 2290. The SMILES string of the molecule is O=C1Cc2ccccc2N1C1CCN(Cc2ccc3ccccc3c2)CC1.O=C1Cc2ccccc2N1C1CCN(Cc2cccc3ccccc23)CC1. The van der Waals surface area contributed by atoms with Crippen molar-refractivity contribution in [2.24, 2.45) is 0 Å². The summed E-state index contributed by atoms with van der Waals surface area (Å²) in [5, 5.41) is 5.27. The number of anilines is 2. The Hall–Kier alpha value is -5.30. The maximum atomic E-state index is 12.6. The Morgan fingerprint density at radius 1 is 0.463 bits per heavy atom. The first kappa shape index (κ1) is 34.5. The number of benzene rings is 6. The second-order valence-electron chi connectivity index (χ2n) is 15.5. The molecule has 2 fully saturated rings. The Labute approximate surface area is 318 Å². The van der Waals surface area contributed by atoms with Gasteiger partial charge < -0.3 is 9.80 Å². The fourth-order valence-electron chi connectivity index (χ4n) is 9.29. The summed E-state index contributed by atoms with van der Waals surface area (Å²) < 4.78 is 0. The number of hydrogen-bond acceptors (Lipinski definition) is 4. The van der Waals surface area contributed by atoms with Crippen LogP contribution in [-0.2, 0) is 35.5 Å². The molecule has 0 bridgehead atoms. The number of rotatable bonds is 6. The molecule has 6 nitrogen and oxygen atoms in total. The first-order chi connectivity index (χ1) is 26.6. The van der Waals surface area contributed by atoms with E-state index >= 15 is 0 Å². The number of nitrogens with zero attached hydrogens (tertiary/aromatic N) is 4. The zero-order valence-corrected chi connectivity index (χ0v) is 30.9. The molecule has 10 rings (SSSR count). The molecule has 0 radical (unpaired) electrons. The molecule has 0 saturated carbocycles. The van der Waals surface area contributed by atoms with Gasteiger partial charge in [0.1, 0.15) is 0 Å². The van der Waals surface area contributed by atoms with E-state index in [0.29, 0.717) is 24.9 Å². The number of carbonyl (C=O) groups excluding carboxylic acids is 2. The van der Waals surface area contributed by atoms with Gasteiger partial charge in [0.2, 0.25) is 11.8 Å². The van der Waals surface area contributed by atoms with Gasteiger partial charge in [0, 0.05) is 62.7 Å². The van der Waals surface area contributed by atoms with Crippen molar-refractivity contribution < 1.29 is 9.59 Å². The van der Waals surface area contributed by atoms with E-state index in [1.165, 1.54) is 43.8 Å². The van der Waals surface area contributed by atoms with Gasteiger partial charge >= 0.3 is 0 Å². The third-order valence-corrected chi connectivity index (χ3v) is 12.1. The predicted molar refractivity (Wildman–Crippen MR) is 220 cm³/mol. The van der Waals surface area contributed by atoms with Crippen LogP contribution in [0.3, 0.4) is 0 Å². The molecular weight excluding hydrogens is 665 g/mol. The normalized spacial score (nSPS) is 18.2. The predicted octanol–water partition coefficient (Wildman–Crippen LogP) is 8.79. The zero-order valence-electron chi connectivity index (χ0n) is 30.9. The molecule has 6 aromatic carbocycles. The third-order valence-electron chi connectivity index (χ3n) is 12.1. The Balaban J connectivity index is 0.000000142. The first-order valence-electron chi connectivity index (χ1n) is 19.8. The average Bonchev–Trinajstić information content (AvgIpc) is 3.74. The molecule has 0 atom stereocenters. The lowest BCUT2D eigenvalue weighted by molar-refractivity contribution is -0.118. The molecule has 4 aliphatic heterocycles. The number of piperidine rings is 2. The Morgan fingerprint density at radius 3 is 1.59 bits per heavy atom. The summed E-state index contributed by atoms with van der Waals surface area (Å²) in [6, 6.07) is 47.7. The largest absolute Gasteiger partial charge is 0.309 e. The lowest BCUT2D eigenvalue weighted by atomic mass is 10.0. The molecule has 0 aliphatic carbocycles. The molecule has 2 amide bonds. The van der Waals surface area contributed by atoms with Crippen LogP contribution in [0.2, 0.25) is 0 Å². The van der Waals surface area contributed by atoms with Crippen LogP contribution in [0.25, 0.3) is 21.5 Å². The van der Waals surface area contributed by atoms with Gasteiger partial charge in [-0.05, 0) is 87.7 Å². The molecule has 4 aliphatic rings. The molecule has 272 valence electrons. The van der Waals surface area contributed by atoms with Crippen LogP contribution < -0.4 is 9.80 Å². The molecule has 4 heterocycles. The smallest absolute Gasteiger partial charge is 0.231 e. The van der Waals surface area contributed by atoms with Crippen molar-refractivity contribution in [1.29, 1.82) is 0 Å². The topological polar surface area (TPSA) is 47.1 Å². The number of likely N-dealkylation sites (tertiary alicyclic amines) is 2. The highest BCUT2D eigenvalue weighted by Gasteiger charge is 2.36. The van der Waals surface area contributed by atoms with Crippen LogP contribution in [0.5, 0.6) is 0 Å². The minimum atomic E-state index is 0.267. The summed E-state index contributed by atoms with van der Waals surface area (Å²) in [6.45, 7) is 6.15. The second-order valence-corrected chi connectivity index (χ2v) is 15.5. The van der Waals surface area contributed by atoms with Crippen molar-refractivity contribution in [3.63, 3.8) is 0 Å². The Morgan fingerprint density at radius 2 is 0.963 bits per heavy atom. The van der Waals surface area contributed by atoms with E-state index in [1.807, 2.05) is 24.3 Å².